The van der Waals surface area contributed by atoms with Crippen LogP contribution in [0, 0.1) is 11.8 Å². The average molecular weight is 556 g/mol. The van der Waals surface area contributed by atoms with E-state index in [1.807, 2.05) is 0 Å². The van der Waals surface area contributed by atoms with Crippen LogP contribution >= 0.6 is 35.6 Å². The molecule has 3 aromatic rings. The Balaban J connectivity index is 0.00000432. The van der Waals surface area contributed by atoms with Gasteiger partial charge in [-0.3, -0.25) is 4.79 Å². The van der Waals surface area contributed by atoms with E-state index in [1.165, 1.54) is 4.68 Å². The predicted octanol–water partition coefficient (Wildman–Crippen LogP) is 4.51. The molecular formula is C24H25Cl3N4O3S. The van der Waals surface area contributed by atoms with Crippen molar-refractivity contribution in [3.63, 3.8) is 0 Å². The molecule has 11 heteroatoms. The maximum Gasteiger partial charge on any atom is 0.273 e. The lowest BCUT2D eigenvalue weighted by molar-refractivity contribution is 0.0910. The Kier molecular flexibility index (Phi) is 9.04. The molecule has 186 valence electrons. The molecule has 0 bridgehead atoms. The third-order valence-corrected chi connectivity index (χ3v) is 6.23. The van der Waals surface area contributed by atoms with Crippen molar-refractivity contribution in [2.24, 2.45) is 5.73 Å². The van der Waals surface area contributed by atoms with Crippen molar-refractivity contribution in [3.05, 3.63) is 63.8 Å². The third kappa shape index (κ3) is 6.78. The first kappa shape index (κ1) is 28.7. The Bertz CT molecular complexity index is 1420. The quantitative estimate of drug-likeness (QED) is 0.461. The smallest absolute Gasteiger partial charge is 0.273 e. The number of hydrogen-bond acceptors (Lipinski definition) is 5. The van der Waals surface area contributed by atoms with Gasteiger partial charge in [-0.2, -0.15) is 5.10 Å². The van der Waals surface area contributed by atoms with Gasteiger partial charge in [0.05, 0.1) is 22.9 Å². The van der Waals surface area contributed by atoms with Crippen LogP contribution in [-0.2, 0) is 9.84 Å². The highest BCUT2D eigenvalue weighted by Gasteiger charge is 2.32. The number of benzene rings is 2. The summed E-state index contributed by atoms with van der Waals surface area (Å²) in [5, 5.41) is 7.96. The fourth-order valence-electron chi connectivity index (χ4n) is 3.25. The number of carbonyl (C=O) groups is 1. The summed E-state index contributed by atoms with van der Waals surface area (Å²) in [5.41, 5.74) is 6.30. The normalized spacial score (nSPS) is 11.3. The number of sulfone groups is 1. The number of aromatic nitrogens is 2. The van der Waals surface area contributed by atoms with Gasteiger partial charge in [-0.1, -0.05) is 47.2 Å². The molecule has 35 heavy (non-hydrogen) atoms. The predicted molar refractivity (Wildman–Crippen MR) is 143 cm³/mol. The lowest BCUT2D eigenvalue weighted by Crippen LogP contribution is -2.41. The van der Waals surface area contributed by atoms with E-state index in [2.05, 4.69) is 22.3 Å². The van der Waals surface area contributed by atoms with Gasteiger partial charge < -0.3 is 11.1 Å². The summed E-state index contributed by atoms with van der Waals surface area (Å²) < 4.78 is 27.3. The molecule has 0 atom stereocenters. The topological polar surface area (TPSA) is 107 Å². The first-order valence-electron chi connectivity index (χ1n) is 10.2. The molecule has 0 unspecified atom stereocenters. The Morgan fingerprint density at radius 2 is 1.77 bits per heavy atom. The molecule has 0 radical (unpaired) electrons. The fourth-order valence-corrected chi connectivity index (χ4v) is 4.68. The second-order valence-corrected chi connectivity index (χ2v) is 11.4. The molecular weight excluding hydrogens is 531 g/mol. The van der Waals surface area contributed by atoms with E-state index < -0.39 is 21.3 Å². The van der Waals surface area contributed by atoms with Gasteiger partial charge in [0.25, 0.3) is 5.91 Å². The standard InChI is InChI=1S/C24H24Cl2N4O3S.ClH/c1-24(2,3)28-23(31)20-22(34(4,32)33)21(16-8-10-17(25)11-9-16)30(29-20)19-12-7-15(6-5-13-27)14-18(19)26;/h7-12,14H,13,27H2,1-4H3,(H,28,31);1H. The largest absolute Gasteiger partial charge is 0.346 e. The van der Waals surface area contributed by atoms with Crippen molar-refractivity contribution in [1.29, 1.82) is 0 Å². The SMILES string of the molecule is CC(C)(C)NC(=O)c1nn(-c2ccc(C#CCN)cc2Cl)c(-c2ccc(Cl)cc2)c1S(C)(=O)=O.Cl. The van der Waals surface area contributed by atoms with Crippen molar-refractivity contribution < 1.29 is 13.2 Å². The van der Waals surface area contributed by atoms with Gasteiger partial charge in [0.15, 0.2) is 15.5 Å². The molecule has 2 aromatic carbocycles. The van der Waals surface area contributed by atoms with Crippen LogP contribution in [0.1, 0.15) is 36.8 Å². The van der Waals surface area contributed by atoms with Gasteiger partial charge in [-0.25, -0.2) is 13.1 Å². The summed E-state index contributed by atoms with van der Waals surface area (Å²) in [6.07, 6.45) is 1.04. The van der Waals surface area contributed by atoms with E-state index >= 15 is 0 Å². The number of hydrogen-bond donors (Lipinski definition) is 2. The molecule has 0 aliphatic rings. The fraction of sp³-hybridized carbons (Fsp3) is 0.250. The zero-order chi connectivity index (χ0) is 25.3. The zero-order valence-electron chi connectivity index (χ0n) is 19.5. The first-order chi connectivity index (χ1) is 15.8. The van der Waals surface area contributed by atoms with Gasteiger partial charge in [-0.15, -0.1) is 12.4 Å². The lowest BCUT2D eigenvalue weighted by atomic mass is 10.1. The van der Waals surface area contributed by atoms with Gasteiger partial charge in [0.2, 0.25) is 0 Å². The highest BCUT2D eigenvalue weighted by Crippen LogP contribution is 2.35. The number of nitrogens with two attached hydrogens (primary N) is 1. The molecule has 7 nitrogen and oxygen atoms in total. The van der Waals surface area contributed by atoms with E-state index in [0.29, 0.717) is 21.8 Å². The van der Waals surface area contributed by atoms with E-state index in [1.54, 1.807) is 63.2 Å². The van der Waals surface area contributed by atoms with Crippen molar-refractivity contribution in [1.82, 2.24) is 15.1 Å². The first-order valence-corrected chi connectivity index (χ1v) is 12.9. The summed E-state index contributed by atoms with van der Waals surface area (Å²) in [6, 6.07) is 11.6. The van der Waals surface area contributed by atoms with Crippen LogP contribution in [0.3, 0.4) is 0 Å². The average Bonchev–Trinajstić information content (AvgIpc) is 3.13. The minimum Gasteiger partial charge on any atom is -0.346 e. The van der Waals surface area contributed by atoms with Crippen molar-refractivity contribution in [2.75, 3.05) is 12.8 Å². The maximum atomic E-state index is 13.1. The van der Waals surface area contributed by atoms with Crippen LogP contribution in [-0.4, -0.2) is 42.4 Å². The van der Waals surface area contributed by atoms with Crippen LogP contribution in [0.2, 0.25) is 10.0 Å². The summed E-state index contributed by atoms with van der Waals surface area (Å²) >= 11 is 12.6. The van der Waals surface area contributed by atoms with Crippen LogP contribution < -0.4 is 11.1 Å². The Hall–Kier alpha value is -2.54. The summed E-state index contributed by atoms with van der Waals surface area (Å²) in [7, 11) is -3.90. The van der Waals surface area contributed by atoms with Gasteiger partial charge in [0, 0.05) is 27.9 Å². The second kappa shape index (κ2) is 11.0. The van der Waals surface area contributed by atoms with Crippen molar-refractivity contribution in [3.8, 4) is 28.8 Å². The van der Waals surface area contributed by atoms with Crippen LogP contribution in [0.15, 0.2) is 47.4 Å². The molecule has 3 N–H and O–H groups in total. The number of nitrogens with zero attached hydrogens (tertiary/aromatic N) is 2. The maximum absolute atomic E-state index is 13.1. The van der Waals surface area contributed by atoms with Gasteiger partial charge in [0.1, 0.15) is 4.90 Å². The van der Waals surface area contributed by atoms with E-state index in [0.717, 1.165) is 6.26 Å². The third-order valence-electron chi connectivity index (χ3n) is 4.54. The molecule has 0 aliphatic heterocycles. The zero-order valence-corrected chi connectivity index (χ0v) is 22.7. The van der Waals surface area contributed by atoms with Gasteiger partial charge >= 0.3 is 0 Å². The molecule has 1 amide bonds. The van der Waals surface area contributed by atoms with E-state index in [4.69, 9.17) is 28.9 Å². The summed E-state index contributed by atoms with van der Waals surface area (Å²) in [6.45, 7) is 5.57. The monoisotopic (exact) mass is 554 g/mol. The Labute approximate surface area is 221 Å². The van der Waals surface area contributed by atoms with Gasteiger partial charge in [-0.05, 0) is 51.1 Å². The molecule has 0 saturated heterocycles. The molecule has 0 saturated carbocycles. The number of carbonyl (C=O) groups excluding carboxylic acids is 1. The summed E-state index contributed by atoms with van der Waals surface area (Å²) in [5.74, 6) is 5.03. The van der Waals surface area contributed by atoms with E-state index in [9.17, 15) is 13.2 Å². The minimum atomic E-state index is -3.90. The van der Waals surface area contributed by atoms with Crippen molar-refractivity contribution >= 4 is 51.4 Å². The van der Waals surface area contributed by atoms with Crippen LogP contribution in [0.25, 0.3) is 16.9 Å². The van der Waals surface area contributed by atoms with Crippen LogP contribution in [0.5, 0.6) is 0 Å². The molecule has 1 heterocycles. The van der Waals surface area contributed by atoms with E-state index in [-0.39, 0.29) is 40.3 Å². The minimum absolute atomic E-state index is 0. The number of rotatable bonds is 4. The Morgan fingerprint density at radius 3 is 2.29 bits per heavy atom. The molecule has 1 aromatic heterocycles. The second-order valence-electron chi connectivity index (χ2n) is 8.59. The molecule has 0 spiro atoms. The van der Waals surface area contributed by atoms with Crippen LogP contribution in [0.4, 0.5) is 0 Å². The highest BCUT2D eigenvalue weighted by atomic mass is 35.5. The lowest BCUT2D eigenvalue weighted by Gasteiger charge is -2.19. The number of halogens is 3. The molecule has 0 fully saturated rings. The number of nitrogens with one attached hydrogen (secondary N) is 1. The molecule has 3 rings (SSSR count). The Morgan fingerprint density at radius 1 is 1.14 bits per heavy atom. The molecule has 0 aliphatic carbocycles. The van der Waals surface area contributed by atoms with Crippen molar-refractivity contribution in [2.45, 2.75) is 31.2 Å². The highest BCUT2D eigenvalue weighted by molar-refractivity contribution is 7.91. The summed E-state index contributed by atoms with van der Waals surface area (Å²) in [4.78, 5) is 12.9. The number of amides is 1.